The van der Waals surface area contributed by atoms with Gasteiger partial charge in [-0.25, -0.2) is 0 Å². The predicted octanol–water partition coefficient (Wildman–Crippen LogP) is 4.31. The smallest absolute Gasteiger partial charge is 0.201 e. The Balaban J connectivity index is 1.85. The van der Waals surface area contributed by atoms with Gasteiger partial charge in [-0.3, -0.25) is 14.4 Å². The lowest BCUT2D eigenvalue weighted by Crippen LogP contribution is -2.36. The van der Waals surface area contributed by atoms with Gasteiger partial charge >= 0.3 is 0 Å². The van der Waals surface area contributed by atoms with Gasteiger partial charge in [0.15, 0.2) is 11.6 Å². The van der Waals surface area contributed by atoms with E-state index in [4.69, 9.17) is 9.47 Å². The van der Waals surface area contributed by atoms with E-state index in [-0.39, 0.29) is 74.1 Å². The average Bonchev–Trinajstić information content (AvgIpc) is 2.90. The molecule has 0 aromatic heterocycles. The van der Waals surface area contributed by atoms with Crippen LogP contribution in [0.1, 0.15) is 66.7 Å². The van der Waals surface area contributed by atoms with Gasteiger partial charge < -0.3 is 35.0 Å². The van der Waals surface area contributed by atoms with E-state index in [1.807, 2.05) is 0 Å². The lowest BCUT2D eigenvalue weighted by molar-refractivity contribution is 0.0410. The Morgan fingerprint density at radius 2 is 1.38 bits per heavy atom. The number of hydrogen-bond donors (Lipinski definition) is 5. The summed E-state index contributed by atoms with van der Waals surface area (Å²) in [6.07, 6.45) is -0.472. The minimum atomic E-state index is -1.55. The number of carbonyl (C=O) groups is 3. The van der Waals surface area contributed by atoms with Crippen molar-refractivity contribution in [2.24, 2.45) is 0 Å². The number of ketones is 3. The van der Waals surface area contributed by atoms with E-state index in [0.29, 0.717) is 5.56 Å². The summed E-state index contributed by atoms with van der Waals surface area (Å²) in [5.74, 6) is -3.93. The van der Waals surface area contributed by atoms with Crippen molar-refractivity contribution < 1.29 is 49.4 Å². The van der Waals surface area contributed by atoms with Gasteiger partial charge in [0.1, 0.15) is 34.5 Å². The molecular weight excluding hydrogens is 544 g/mol. The predicted molar refractivity (Wildman–Crippen MR) is 150 cm³/mol. The number of phenolic OH excluding ortho intramolecular Hbond substituents is 4. The van der Waals surface area contributed by atoms with E-state index < -0.39 is 51.5 Å². The highest BCUT2D eigenvalue weighted by molar-refractivity contribution is 6.33. The number of Topliss-reactive ketones (excluding diaryl/α,β-unsaturated/α-hetero) is 1. The van der Waals surface area contributed by atoms with E-state index in [0.717, 1.165) is 6.07 Å². The van der Waals surface area contributed by atoms with Crippen molar-refractivity contribution in [3.8, 4) is 45.6 Å². The summed E-state index contributed by atoms with van der Waals surface area (Å²) in [6.45, 7) is 3.08. The second-order valence-electron chi connectivity index (χ2n) is 11.0. The molecule has 0 aliphatic heterocycles. The van der Waals surface area contributed by atoms with Crippen LogP contribution in [0.4, 0.5) is 0 Å². The monoisotopic (exact) mass is 570 g/mol. The maximum Gasteiger partial charge on any atom is 0.201 e. The maximum atomic E-state index is 14.2. The molecule has 6 rings (SSSR count). The summed E-state index contributed by atoms with van der Waals surface area (Å²) >= 11 is 0. The SMILES string of the molecule is COc1cc(OC)c2c(O)c3c(c(-c4c(O)cc(O)c5c4C(=O)c4cc(C)cc(O)c4C5=O)c2c1)CC(C)(O)CC3=O. The molecule has 1 unspecified atom stereocenters. The van der Waals surface area contributed by atoms with Gasteiger partial charge in [0.05, 0.1) is 41.9 Å². The van der Waals surface area contributed by atoms with Gasteiger partial charge in [0, 0.05) is 47.1 Å². The molecule has 0 bridgehead atoms. The van der Waals surface area contributed by atoms with Gasteiger partial charge in [-0.05, 0) is 48.7 Å². The van der Waals surface area contributed by atoms with Crippen molar-refractivity contribution in [3.05, 3.63) is 69.3 Å². The van der Waals surface area contributed by atoms with Crippen LogP contribution in [0, 0.1) is 6.92 Å². The Bertz CT molecular complexity index is 1930. The van der Waals surface area contributed by atoms with Crippen LogP contribution in [0.2, 0.25) is 0 Å². The van der Waals surface area contributed by atoms with E-state index in [1.165, 1.54) is 45.4 Å². The average molecular weight is 571 g/mol. The van der Waals surface area contributed by atoms with Crippen LogP contribution in [0.3, 0.4) is 0 Å². The standard InChI is InChI=1S/C32H26O10/c1-12-5-15-23(17(33)6-12)31(39)27-19(35)9-18(34)26(28(27)29(15)37)22-14-7-13(41-3)8-21(42-4)25(14)30(38)24-16(22)10-32(2,40)11-20(24)36/h5-9,33-35,38,40H,10-11H2,1-4H3. The first kappa shape index (κ1) is 27.1. The molecule has 2 aliphatic carbocycles. The Labute approximate surface area is 239 Å². The van der Waals surface area contributed by atoms with Gasteiger partial charge in [-0.1, -0.05) is 0 Å². The fourth-order valence-corrected chi connectivity index (χ4v) is 6.32. The van der Waals surface area contributed by atoms with Crippen LogP contribution in [-0.4, -0.2) is 62.7 Å². The van der Waals surface area contributed by atoms with E-state index >= 15 is 0 Å². The molecule has 2 aliphatic rings. The highest BCUT2D eigenvalue weighted by Gasteiger charge is 2.42. The third-order valence-electron chi connectivity index (χ3n) is 7.98. The number of methoxy groups -OCH3 is 2. The molecule has 0 saturated carbocycles. The van der Waals surface area contributed by atoms with Crippen molar-refractivity contribution in [3.63, 3.8) is 0 Å². The molecule has 4 aromatic rings. The Kier molecular flexibility index (Phi) is 5.78. The summed E-state index contributed by atoms with van der Waals surface area (Å²) in [5.41, 5.74) is -2.42. The van der Waals surface area contributed by atoms with Gasteiger partial charge in [-0.15, -0.1) is 0 Å². The first-order valence-electron chi connectivity index (χ1n) is 13.0. The Hall–Kier alpha value is -5.09. The van der Waals surface area contributed by atoms with Crippen molar-refractivity contribution in [2.75, 3.05) is 14.2 Å². The second-order valence-corrected chi connectivity index (χ2v) is 11.0. The third-order valence-corrected chi connectivity index (χ3v) is 7.98. The van der Waals surface area contributed by atoms with E-state index in [1.54, 1.807) is 6.92 Å². The number of ether oxygens (including phenoxy) is 2. The number of hydrogen-bond acceptors (Lipinski definition) is 10. The molecule has 4 aromatic carbocycles. The number of aryl methyl sites for hydroxylation is 1. The molecule has 42 heavy (non-hydrogen) atoms. The van der Waals surface area contributed by atoms with E-state index in [9.17, 15) is 39.9 Å². The van der Waals surface area contributed by atoms with Crippen LogP contribution in [0.15, 0.2) is 30.3 Å². The molecule has 0 fully saturated rings. The number of aliphatic hydroxyl groups is 1. The molecule has 214 valence electrons. The van der Waals surface area contributed by atoms with Crippen molar-refractivity contribution in [2.45, 2.75) is 32.3 Å². The summed E-state index contributed by atoms with van der Waals surface area (Å²) in [6, 6.07) is 6.65. The van der Waals surface area contributed by atoms with Crippen molar-refractivity contribution in [1.82, 2.24) is 0 Å². The van der Waals surface area contributed by atoms with Crippen LogP contribution in [0.25, 0.3) is 21.9 Å². The Morgan fingerprint density at radius 3 is 2.05 bits per heavy atom. The number of phenols is 4. The number of carbonyl (C=O) groups excluding carboxylic acids is 3. The molecule has 10 heteroatoms. The largest absolute Gasteiger partial charge is 0.507 e. The highest BCUT2D eigenvalue weighted by Crippen LogP contribution is 2.54. The minimum absolute atomic E-state index is 0.0681. The first-order valence-corrected chi connectivity index (χ1v) is 13.0. The zero-order chi connectivity index (χ0) is 30.4. The molecule has 10 nitrogen and oxygen atoms in total. The summed E-state index contributed by atoms with van der Waals surface area (Å²) in [4.78, 5) is 41.3. The summed E-state index contributed by atoms with van der Waals surface area (Å²) < 4.78 is 11.0. The molecule has 0 radical (unpaired) electrons. The number of rotatable bonds is 3. The van der Waals surface area contributed by atoms with Crippen molar-refractivity contribution in [1.29, 1.82) is 0 Å². The normalized spacial score (nSPS) is 17.6. The Morgan fingerprint density at radius 1 is 0.714 bits per heavy atom. The zero-order valence-corrected chi connectivity index (χ0v) is 23.1. The maximum absolute atomic E-state index is 14.2. The van der Waals surface area contributed by atoms with Crippen LogP contribution in [0.5, 0.6) is 34.5 Å². The van der Waals surface area contributed by atoms with E-state index in [2.05, 4.69) is 0 Å². The van der Waals surface area contributed by atoms with Crippen LogP contribution in [-0.2, 0) is 6.42 Å². The van der Waals surface area contributed by atoms with Gasteiger partial charge in [0.2, 0.25) is 5.78 Å². The molecule has 5 N–H and O–H groups in total. The van der Waals surface area contributed by atoms with Gasteiger partial charge in [0.25, 0.3) is 0 Å². The minimum Gasteiger partial charge on any atom is -0.507 e. The number of benzene rings is 4. The molecule has 0 amide bonds. The van der Waals surface area contributed by atoms with Crippen molar-refractivity contribution >= 4 is 28.1 Å². The molecule has 0 heterocycles. The molecule has 1 atom stereocenters. The van der Waals surface area contributed by atoms with Crippen LogP contribution >= 0.6 is 0 Å². The van der Waals surface area contributed by atoms with Gasteiger partial charge in [-0.2, -0.15) is 0 Å². The molecule has 0 saturated heterocycles. The van der Waals surface area contributed by atoms with Crippen LogP contribution < -0.4 is 9.47 Å². The summed E-state index contributed by atoms with van der Waals surface area (Å²) in [7, 11) is 2.76. The third kappa shape index (κ3) is 3.65. The zero-order valence-electron chi connectivity index (χ0n) is 23.1. The fraction of sp³-hybridized carbons (Fsp3) is 0.219. The lowest BCUT2D eigenvalue weighted by Gasteiger charge is -2.33. The highest BCUT2D eigenvalue weighted by atomic mass is 16.5. The number of aromatic hydroxyl groups is 4. The topological polar surface area (TPSA) is 171 Å². The molecular formula is C32H26O10. The lowest BCUT2D eigenvalue weighted by atomic mass is 9.72. The molecule has 0 spiro atoms. The first-order chi connectivity index (χ1) is 19.8. The summed E-state index contributed by atoms with van der Waals surface area (Å²) in [5, 5.41) is 55.6. The second kappa shape index (κ2) is 8.95. The number of fused-ring (bicyclic) bond motifs is 4. The fourth-order valence-electron chi connectivity index (χ4n) is 6.32. The quantitative estimate of drug-likeness (QED) is 0.211.